The van der Waals surface area contributed by atoms with Crippen LogP contribution in [0.3, 0.4) is 0 Å². The maximum atomic E-state index is 11.2. The highest BCUT2D eigenvalue weighted by molar-refractivity contribution is 14.1. The Morgan fingerprint density at radius 2 is 2.16 bits per heavy atom. The summed E-state index contributed by atoms with van der Waals surface area (Å²) < 4.78 is 1.18. The Hall–Kier alpha value is -1.69. The number of hydrogen-bond donors (Lipinski definition) is 1. The Kier molecular flexibility index (Phi) is 3.10. The molecule has 0 unspecified atom stereocenters. The second-order valence-electron chi connectivity index (χ2n) is 4.45. The van der Waals surface area contributed by atoms with Crippen molar-refractivity contribution in [3.05, 3.63) is 62.8 Å². The van der Waals surface area contributed by atoms with Gasteiger partial charge in [-0.3, -0.25) is 9.79 Å². The van der Waals surface area contributed by atoms with E-state index in [-0.39, 0.29) is 5.91 Å². The average Bonchev–Trinajstić information content (AvgIpc) is 2.81. The number of nitrogens with two attached hydrogens (primary N) is 1. The molecule has 0 aromatic heterocycles. The summed E-state index contributed by atoms with van der Waals surface area (Å²) >= 11 is 2.28. The van der Waals surface area contributed by atoms with Crippen molar-refractivity contribution in [3.63, 3.8) is 0 Å². The average molecular weight is 362 g/mol. The molecule has 4 heteroatoms. The van der Waals surface area contributed by atoms with E-state index < -0.39 is 0 Å². The molecule has 2 aliphatic rings. The predicted molar refractivity (Wildman–Crippen MR) is 84.5 cm³/mol. The van der Waals surface area contributed by atoms with Crippen LogP contribution in [0.25, 0.3) is 5.70 Å². The van der Waals surface area contributed by atoms with E-state index in [1.54, 1.807) is 6.08 Å². The van der Waals surface area contributed by atoms with Crippen molar-refractivity contribution in [1.82, 2.24) is 0 Å². The van der Waals surface area contributed by atoms with Gasteiger partial charge in [-0.05, 0) is 46.4 Å². The first-order valence-corrected chi connectivity index (χ1v) is 6.97. The van der Waals surface area contributed by atoms with Gasteiger partial charge in [0.1, 0.15) is 0 Å². The second kappa shape index (κ2) is 4.77. The number of carbonyl (C=O) groups is 1. The molecule has 3 nitrogen and oxygen atoms in total. The monoisotopic (exact) mass is 362 g/mol. The Balaban J connectivity index is 1.94. The summed E-state index contributed by atoms with van der Waals surface area (Å²) in [6.45, 7) is 0. The van der Waals surface area contributed by atoms with Crippen LogP contribution in [-0.2, 0) is 4.79 Å². The van der Waals surface area contributed by atoms with Gasteiger partial charge in [-0.15, -0.1) is 0 Å². The molecule has 0 atom stereocenters. The fraction of sp³-hybridized carbons (Fsp3) is 0.0667. The molecule has 1 aliphatic heterocycles. The third kappa shape index (κ3) is 2.40. The highest BCUT2D eigenvalue weighted by Gasteiger charge is 2.21. The van der Waals surface area contributed by atoms with E-state index in [1.165, 1.54) is 3.57 Å². The van der Waals surface area contributed by atoms with Crippen LogP contribution in [0.2, 0.25) is 0 Å². The number of primary amides is 1. The van der Waals surface area contributed by atoms with E-state index >= 15 is 0 Å². The summed E-state index contributed by atoms with van der Waals surface area (Å²) in [4.78, 5) is 15.8. The van der Waals surface area contributed by atoms with Gasteiger partial charge in [0.15, 0.2) is 0 Å². The number of allylic oxidation sites excluding steroid dienone is 4. The smallest absolute Gasteiger partial charge is 0.245 e. The van der Waals surface area contributed by atoms with Crippen LogP contribution in [0.5, 0.6) is 0 Å². The normalized spacial score (nSPS) is 17.1. The lowest BCUT2D eigenvalue weighted by Gasteiger charge is -2.08. The molecule has 2 N–H and O–H groups in total. The van der Waals surface area contributed by atoms with Crippen LogP contribution in [0.1, 0.15) is 12.0 Å². The highest BCUT2D eigenvalue weighted by Crippen LogP contribution is 2.30. The van der Waals surface area contributed by atoms with Crippen LogP contribution < -0.4 is 5.73 Å². The molecule has 0 fully saturated rings. The molecule has 0 saturated heterocycles. The summed E-state index contributed by atoms with van der Waals surface area (Å²) in [5.41, 5.74) is 9.94. The van der Waals surface area contributed by atoms with E-state index in [9.17, 15) is 4.79 Å². The summed E-state index contributed by atoms with van der Waals surface area (Å²) in [5, 5.41) is 0. The van der Waals surface area contributed by atoms with Gasteiger partial charge in [0.05, 0.1) is 11.4 Å². The fourth-order valence-electron chi connectivity index (χ4n) is 2.15. The first-order chi connectivity index (χ1) is 9.13. The summed E-state index contributed by atoms with van der Waals surface area (Å²) in [7, 11) is 0. The second-order valence-corrected chi connectivity index (χ2v) is 5.70. The lowest BCUT2D eigenvalue weighted by atomic mass is 9.96. The third-order valence-corrected chi connectivity index (χ3v) is 3.81. The van der Waals surface area contributed by atoms with Gasteiger partial charge in [0, 0.05) is 21.1 Å². The molecule has 1 aromatic carbocycles. The molecule has 1 aromatic rings. The Morgan fingerprint density at radius 3 is 2.89 bits per heavy atom. The van der Waals surface area contributed by atoms with Gasteiger partial charge in [-0.25, -0.2) is 0 Å². The minimum absolute atomic E-state index is 0.374. The van der Waals surface area contributed by atoms with Crippen LogP contribution in [0.15, 0.2) is 58.6 Å². The van der Waals surface area contributed by atoms with E-state index in [0.717, 1.165) is 22.5 Å². The molecule has 0 radical (unpaired) electrons. The summed E-state index contributed by atoms with van der Waals surface area (Å²) in [6, 6.07) is 8.20. The third-order valence-electron chi connectivity index (χ3n) is 3.14. The lowest BCUT2D eigenvalue weighted by molar-refractivity contribution is -0.114. The van der Waals surface area contributed by atoms with Gasteiger partial charge in [-0.2, -0.15) is 0 Å². The van der Waals surface area contributed by atoms with E-state index in [2.05, 4.69) is 39.7 Å². The van der Waals surface area contributed by atoms with Gasteiger partial charge in [-0.1, -0.05) is 24.3 Å². The van der Waals surface area contributed by atoms with Crippen molar-refractivity contribution in [2.75, 3.05) is 0 Å². The number of halogens is 1. The Bertz CT molecular complexity index is 696. The van der Waals surface area contributed by atoms with Crippen molar-refractivity contribution >= 4 is 39.9 Å². The fourth-order valence-corrected chi connectivity index (χ4v) is 2.70. The van der Waals surface area contributed by atoms with Crippen molar-refractivity contribution < 1.29 is 4.79 Å². The maximum absolute atomic E-state index is 11.2. The number of amides is 1. The molecule has 94 valence electrons. The molecule has 19 heavy (non-hydrogen) atoms. The maximum Gasteiger partial charge on any atom is 0.245 e. The van der Waals surface area contributed by atoms with Crippen LogP contribution in [-0.4, -0.2) is 11.6 Å². The molecule has 0 spiro atoms. The summed E-state index contributed by atoms with van der Waals surface area (Å²) in [5.74, 6) is -0.374. The summed E-state index contributed by atoms with van der Waals surface area (Å²) in [6.07, 6.45) is 6.26. The van der Waals surface area contributed by atoms with Gasteiger partial charge in [0.2, 0.25) is 5.91 Å². The van der Waals surface area contributed by atoms with Gasteiger partial charge in [0.25, 0.3) is 0 Å². The number of hydrogen-bond acceptors (Lipinski definition) is 2. The standard InChI is InChI=1S/C15H11IN2O/c16-12-3-1-2-9(6-12)13-7-10-4-5-11(15(17)19)8-14(10)18-13/h1-7H,8H2,(H2,17,19). The molecule has 1 amide bonds. The molecule has 0 bridgehead atoms. The molecular weight excluding hydrogens is 351 g/mol. The quantitative estimate of drug-likeness (QED) is 0.809. The largest absolute Gasteiger partial charge is 0.366 e. The van der Waals surface area contributed by atoms with Gasteiger partial charge >= 0.3 is 0 Å². The Morgan fingerprint density at radius 1 is 1.32 bits per heavy atom. The zero-order valence-corrected chi connectivity index (χ0v) is 12.2. The van der Waals surface area contributed by atoms with E-state index in [0.29, 0.717) is 12.0 Å². The zero-order chi connectivity index (χ0) is 13.4. The lowest BCUT2D eigenvalue weighted by Crippen LogP contribution is -2.18. The number of nitrogens with zero attached hydrogens (tertiary/aromatic N) is 1. The SMILES string of the molecule is NC(=O)C1=CC=C2C=C(c3cccc(I)c3)N=C2C1. The molecular formula is C15H11IN2O. The van der Waals surface area contributed by atoms with E-state index in [1.807, 2.05) is 24.3 Å². The number of benzene rings is 1. The van der Waals surface area contributed by atoms with Crippen molar-refractivity contribution in [2.24, 2.45) is 10.7 Å². The van der Waals surface area contributed by atoms with Crippen LogP contribution in [0.4, 0.5) is 0 Å². The van der Waals surface area contributed by atoms with E-state index in [4.69, 9.17) is 5.73 Å². The highest BCUT2D eigenvalue weighted by atomic mass is 127. The molecule has 1 heterocycles. The number of aliphatic imine (C=N–C) groups is 1. The van der Waals surface area contributed by atoms with Crippen molar-refractivity contribution in [1.29, 1.82) is 0 Å². The van der Waals surface area contributed by atoms with Crippen LogP contribution in [0, 0.1) is 3.57 Å². The molecule has 1 aliphatic carbocycles. The first kappa shape index (κ1) is 12.3. The first-order valence-electron chi connectivity index (χ1n) is 5.90. The predicted octanol–water partition coefficient (Wildman–Crippen LogP) is 2.83. The van der Waals surface area contributed by atoms with Crippen molar-refractivity contribution in [2.45, 2.75) is 6.42 Å². The van der Waals surface area contributed by atoms with Gasteiger partial charge < -0.3 is 5.73 Å². The molecule has 3 rings (SSSR count). The topological polar surface area (TPSA) is 55.5 Å². The number of rotatable bonds is 2. The molecule has 0 saturated carbocycles. The van der Waals surface area contributed by atoms with Crippen molar-refractivity contribution in [3.8, 4) is 0 Å². The minimum Gasteiger partial charge on any atom is -0.366 e. The number of carbonyl (C=O) groups excluding carboxylic acids is 1. The number of fused-ring (bicyclic) bond motifs is 1. The zero-order valence-electron chi connectivity index (χ0n) is 10.1. The minimum atomic E-state index is -0.374. The van der Waals surface area contributed by atoms with Crippen LogP contribution >= 0.6 is 22.6 Å². The Labute approximate surface area is 124 Å².